The number of nitro benzene ring substituents is 1. The standard InChI is InChI=1S/C17H19N3O4/c21-11-10-19(12-14-6-2-1-3-7-14)13-17(22)18-15-8-4-5-9-16(15)20(23)24/h1-9,21H,10-13H2,(H,18,22). The molecule has 2 aromatic rings. The number of amides is 1. The third-order valence-corrected chi connectivity index (χ3v) is 3.41. The minimum atomic E-state index is -0.537. The summed E-state index contributed by atoms with van der Waals surface area (Å²) in [5.41, 5.74) is 1.03. The number of para-hydroxylation sites is 2. The van der Waals surface area contributed by atoms with E-state index in [1.807, 2.05) is 30.3 Å². The second kappa shape index (κ2) is 8.76. The van der Waals surface area contributed by atoms with Crippen molar-refractivity contribution in [3.8, 4) is 0 Å². The molecular weight excluding hydrogens is 310 g/mol. The lowest BCUT2D eigenvalue weighted by atomic mass is 10.2. The van der Waals surface area contributed by atoms with E-state index in [0.29, 0.717) is 13.1 Å². The van der Waals surface area contributed by atoms with Crippen LogP contribution in [0.3, 0.4) is 0 Å². The Morgan fingerprint density at radius 3 is 2.46 bits per heavy atom. The quantitative estimate of drug-likeness (QED) is 0.571. The van der Waals surface area contributed by atoms with Gasteiger partial charge in [-0.3, -0.25) is 19.8 Å². The Labute approximate surface area is 139 Å². The number of benzene rings is 2. The molecule has 126 valence electrons. The van der Waals surface area contributed by atoms with Crippen LogP contribution in [0, 0.1) is 10.1 Å². The molecule has 0 spiro atoms. The van der Waals surface area contributed by atoms with E-state index in [1.54, 1.807) is 17.0 Å². The van der Waals surface area contributed by atoms with E-state index >= 15 is 0 Å². The number of anilines is 1. The largest absolute Gasteiger partial charge is 0.395 e. The fourth-order valence-electron chi connectivity index (χ4n) is 2.33. The summed E-state index contributed by atoms with van der Waals surface area (Å²) in [6, 6.07) is 15.6. The van der Waals surface area contributed by atoms with Crippen molar-refractivity contribution in [1.82, 2.24) is 4.90 Å². The van der Waals surface area contributed by atoms with Gasteiger partial charge in [-0.25, -0.2) is 0 Å². The molecule has 0 aromatic heterocycles. The average molecular weight is 329 g/mol. The van der Waals surface area contributed by atoms with E-state index in [2.05, 4.69) is 5.32 Å². The maximum atomic E-state index is 12.2. The van der Waals surface area contributed by atoms with E-state index in [1.165, 1.54) is 12.1 Å². The summed E-state index contributed by atoms with van der Waals surface area (Å²) in [6.07, 6.45) is 0. The molecule has 0 radical (unpaired) electrons. The molecule has 1 amide bonds. The number of nitrogens with zero attached hydrogens (tertiary/aromatic N) is 2. The predicted octanol–water partition coefficient (Wildman–Crippen LogP) is 2.03. The third-order valence-electron chi connectivity index (χ3n) is 3.41. The van der Waals surface area contributed by atoms with Crippen LogP contribution in [-0.2, 0) is 11.3 Å². The van der Waals surface area contributed by atoms with Gasteiger partial charge in [0.2, 0.25) is 5.91 Å². The molecular formula is C17H19N3O4. The number of aliphatic hydroxyl groups excluding tert-OH is 1. The Bertz CT molecular complexity index is 691. The number of rotatable bonds is 8. The van der Waals surface area contributed by atoms with Crippen LogP contribution in [0.1, 0.15) is 5.56 Å². The Morgan fingerprint density at radius 2 is 1.79 bits per heavy atom. The molecule has 2 rings (SSSR count). The molecule has 0 saturated heterocycles. The van der Waals surface area contributed by atoms with Gasteiger partial charge in [-0.1, -0.05) is 42.5 Å². The molecule has 2 aromatic carbocycles. The molecule has 0 aliphatic rings. The van der Waals surface area contributed by atoms with Gasteiger partial charge in [0, 0.05) is 19.2 Å². The van der Waals surface area contributed by atoms with Crippen molar-refractivity contribution in [2.24, 2.45) is 0 Å². The summed E-state index contributed by atoms with van der Waals surface area (Å²) in [7, 11) is 0. The minimum absolute atomic E-state index is 0.0293. The van der Waals surface area contributed by atoms with Gasteiger partial charge in [-0.2, -0.15) is 0 Å². The van der Waals surface area contributed by atoms with Crippen LogP contribution < -0.4 is 5.32 Å². The molecule has 7 heteroatoms. The van der Waals surface area contributed by atoms with Crippen molar-refractivity contribution in [2.75, 3.05) is 25.0 Å². The summed E-state index contributed by atoms with van der Waals surface area (Å²) in [5.74, 6) is -0.367. The first kappa shape index (κ1) is 17.6. The first-order valence-electron chi connectivity index (χ1n) is 7.50. The predicted molar refractivity (Wildman–Crippen MR) is 90.5 cm³/mol. The smallest absolute Gasteiger partial charge is 0.292 e. The van der Waals surface area contributed by atoms with Crippen molar-refractivity contribution in [2.45, 2.75) is 6.54 Å². The molecule has 0 aliphatic carbocycles. The van der Waals surface area contributed by atoms with Crippen LogP contribution in [0.4, 0.5) is 11.4 Å². The van der Waals surface area contributed by atoms with Crippen LogP contribution in [0.5, 0.6) is 0 Å². The highest BCUT2D eigenvalue weighted by atomic mass is 16.6. The minimum Gasteiger partial charge on any atom is -0.395 e. The Hall–Kier alpha value is -2.77. The van der Waals surface area contributed by atoms with Gasteiger partial charge in [-0.05, 0) is 11.6 Å². The topological polar surface area (TPSA) is 95.7 Å². The van der Waals surface area contributed by atoms with E-state index in [0.717, 1.165) is 5.56 Å². The molecule has 0 atom stereocenters. The highest BCUT2D eigenvalue weighted by Gasteiger charge is 2.16. The van der Waals surface area contributed by atoms with Crippen LogP contribution in [-0.4, -0.2) is 40.5 Å². The maximum absolute atomic E-state index is 12.2. The summed E-state index contributed by atoms with van der Waals surface area (Å²) < 4.78 is 0. The van der Waals surface area contributed by atoms with E-state index < -0.39 is 4.92 Å². The molecule has 0 unspecified atom stereocenters. The van der Waals surface area contributed by atoms with Gasteiger partial charge in [0.15, 0.2) is 0 Å². The monoisotopic (exact) mass is 329 g/mol. The molecule has 24 heavy (non-hydrogen) atoms. The Kier molecular flexibility index (Phi) is 6.41. The zero-order chi connectivity index (χ0) is 17.4. The van der Waals surface area contributed by atoms with Gasteiger partial charge in [-0.15, -0.1) is 0 Å². The lowest BCUT2D eigenvalue weighted by Crippen LogP contribution is -2.35. The highest BCUT2D eigenvalue weighted by Crippen LogP contribution is 2.23. The van der Waals surface area contributed by atoms with Crippen molar-refractivity contribution in [3.05, 3.63) is 70.3 Å². The first-order valence-corrected chi connectivity index (χ1v) is 7.50. The lowest BCUT2D eigenvalue weighted by molar-refractivity contribution is -0.383. The van der Waals surface area contributed by atoms with Crippen LogP contribution >= 0.6 is 0 Å². The second-order valence-corrected chi connectivity index (χ2v) is 5.24. The zero-order valence-corrected chi connectivity index (χ0v) is 13.1. The summed E-state index contributed by atoms with van der Waals surface area (Å²) >= 11 is 0. The molecule has 0 saturated carbocycles. The fraction of sp³-hybridized carbons (Fsp3) is 0.235. The van der Waals surface area contributed by atoms with Gasteiger partial charge in [0.1, 0.15) is 5.69 Å². The van der Waals surface area contributed by atoms with E-state index in [4.69, 9.17) is 0 Å². The SMILES string of the molecule is O=C(CN(CCO)Cc1ccccc1)Nc1ccccc1[N+](=O)[O-]. The summed E-state index contributed by atoms with van der Waals surface area (Å²) in [5, 5.41) is 22.7. The van der Waals surface area contributed by atoms with E-state index in [9.17, 15) is 20.0 Å². The van der Waals surface area contributed by atoms with E-state index in [-0.39, 0.29) is 30.4 Å². The van der Waals surface area contributed by atoms with Gasteiger partial charge in [0.25, 0.3) is 5.69 Å². The molecule has 2 N–H and O–H groups in total. The van der Waals surface area contributed by atoms with Crippen molar-refractivity contribution >= 4 is 17.3 Å². The Morgan fingerprint density at radius 1 is 1.12 bits per heavy atom. The maximum Gasteiger partial charge on any atom is 0.292 e. The summed E-state index contributed by atoms with van der Waals surface area (Å²) in [6.45, 7) is 0.790. The number of hydrogen-bond acceptors (Lipinski definition) is 5. The van der Waals surface area contributed by atoms with Crippen LogP contribution in [0.15, 0.2) is 54.6 Å². The first-order chi connectivity index (χ1) is 11.6. The van der Waals surface area contributed by atoms with Crippen LogP contribution in [0.25, 0.3) is 0 Å². The average Bonchev–Trinajstić information content (AvgIpc) is 2.56. The number of carbonyl (C=O) groups excluding carboxylic acids is 1. The highest BCUT2D eigenvalue weighted by molar-refractivity contribution is 5.94. The fourth-order valence-corrected chi connectivity index (χ4v) is 2.33. The molecule has 7 nitrogen and oxygen atoms in total. The van der Waals surface area contributed by atoms with Crippen molar-refractivity contribution in [1.29, 1.82) is 0 Å². The summed E-state index contributed by atoms with van der Waals surface area (Å²) in [4.78, 5) is 24.4. The van der Waals surface area contributed by atoms with Gasteiger partial charge >= 0.3 is 0 Å². The van der Waals surface area contributed by atoms with Crippen LogP contribution in [0.2, 0.25) is 0 Å². The Balaban J connectivity index is 2.02. The number of hydrogen-bond donors (Lipinski definition) is 2. The molecule has 0 aliphatic heterocycles. The number of nitrogens with one attached hydrogen (secondary N) is 1. The third kappa shape index (κ3) is 5.15. The second-order valence-electron chi connectivity index (χ2n) is 5.24. The number of aliphatic hydroxyl groups is 1. The number of carbonyl (C=O) groups is 1. The van der Waals surface area contributed by atoms with Gasteiger partial charge < -0.3 is 10.4 Å². The van der Waals surface area contributed by atoms with Gasteiger partial charge in [0.05, 0.1) is 18.1 Å². The zero-order valence-electron chi connectivity index (χ0n) is 13.1. The molecule has 0 fully saturated rings. The molecule has 0 bridgehead atoms. The van der Waals surface area contributed by atoms with Crippen molar-refractivity contribution in [3.63, 3.8) is 0 Å². The normalized spacial score (nSPS) is 10.6. The molecule has 0 heterocycles. The van der Waals surface area contributed by atoms with Crippen molar-refractivity contribution < 1.29 is 14.8 Å². The number of nitro groups is 1. The lowest BCUT2D eigenvalue weighted by Gasteiger charge is -2.20.